The number of carbonyl (C=O) groups excluding carboxylic acids is 1. The van der Waals surface area contributed by atoms with Crippen LogP contribution >= 0.6 is 0 Å². The van der Waals surface area contributed by atoms with E-state index in [0.29, 0.717) is 6.54 Å². The van der Waals surface area contributed by atoms with Gasteiger partial charge in [0.15, 0.2) is 0 Å². The van der Waals surface area contributed by atoms with Crippen LogP contribution in [0.4, 0.5) is 10.5 Å². The van der Waals surface area contributed by atoms with Crippen LogP contribution in [-0.4, -0.2) is 22.0 Å². The Morgan fingerprint density at radius 1 is 1.04 bits per heavy atom. The first-order valence-corrected chi connectivity index (χ1v) is 9.45. The first-order valence-electron chi connectivity index (χ1n) is 9.45. The molecule has 0 saturated carbocycles. The van der Waals surface area contributed by atoms with Crippen LogP contribution in [0.1, 0.15) is 28.4 Å². The van der Waals surface area contributed by atoms with Gasteiger partial charge < -0.3 is 14.8 Å². The summed E-state index contributed by atoms with van der Waals surface area (Å²) in [5.74, 6) is 0. The average Bonchev–Trinajstić information content (AvgIpc) is 3.15. The monoisotopic (exact) mass is 359 g/mol. The Morgan fingerprint density at radius 2 is 1.85 bits per heavy atom. The summed E-state index contributed by atoms with van der Waals surface area (Å²) in [6.07, 6.45) is 2.92. The van der Waals surface area contributed by atoms with E-state index in [1.165, 1.54) is 11.3 Å². The number of fused-ring (bicyclic) bond motifs is 1. The van der Waals surface area contributed by atoms with Gasteiger partial charge in [-0.25, -0.2) is 4.79 Å². The number of carbonyl (C=O) groups is 1. The van der Waals surface area contributed by atoms with Crippen molar-refractivity contribution in [2.24, 2.45) is 0 Å². The van der Waals surface area contributed by atoms with Crippen molar-refractivity contribution in [1.82, 2.24) is 9.47 Å². The maximum Gasteiger partial charge on any atom is 0.322 e. The minimum absolute atomic E-state index is 0.0289. The summed E-state index contributed by atoms with van der Waals surface area (Å²) in [5.41, 5.74) is 5.54. The molecule has 1 N–H and O–H groups in total. The SMILES string of the molecule is Cc1ccc(C)c(NC(=O)N2CCn3cccc3[C@H]2Cc2ccccc2)c1. The fourth-order valence-electron chi connectivity index (χ4n) is 3.82. The van der Waals surface area contributed by atoms with E-state index in [4.69, 9.17) is 0 Å². The fraction of sp³-hybridized carbons (Fsp3) is 0.261. The molecule has 1 aliphatic heterocycles. The molecule has 4 heteroatoms. The molecule has 0 unspecified atom stereocenters. The van der Waals surface area contributed by atoms with Gasteiger partial charge in [-0.05, 0) is 55.2 Å². The fourth-order valence-corrected chi connectivity index (χ4v) is 3.82. The largest absolute Gasteiger partial charge is 0.348 e. The van der Waals surface area contributed by atoms with Crippen molar-refractivity contribution in [1.29, 1.82) is 0 Å². The molecular weight excluding hydrogens is 334 g/mol. The first-order chi connectivity index (χ1) is 13.1. The van der Waals surface area contributed by atoms with Crippen molar-refractivity contribution in [3.63, 3.8) is 0 Å². The molecule has 2 aromatic carbocycles. The smallest absolute Gasteiger partial charge is 0.322 e. The highest BCUT2D eigenvalue weighted by molar-refractivity contribution is 5.90. The number of hydrogen-bond acceptors (Lipinski definition) is 1. The molecule has 0 saturated heterocycles. The molecule has 0 fully saturated rings. The topological polar surface area (TPSA) is 37.3 Å². The predicted molar refractivity (Wildman–Crippen MR) is 109 cm³/mol. The van der Waals surface area contributed by atoms with Crippen LogP contribution in [0.3, 0.4) is 0 Å². The van der Waals surface area contributed by atoms with Crippen molar-refractivity contribution in [2.75, 3.05) is 11.9 Å². The molecular formula is C23H25N3O. The number of benzene rings is 2. The summed E-state index contributed by atoms with van der Waals surface area (Å²) >= 11 is 0. The molecule has 4 rings (SSSR count). The van der Waals surface area contributed by atoms with Crippen molar-refractivity contribution in [2.45, 2.75) is 32.9 Å². The van der Waals surface area contributed by atoms with Gasteiger partial charge >= 0.3 is 6.03 Å². The minimum Gasteiger partial charge on any atom is -0.348 e. The van der Waals surface area contributed by atoms with E-state index in [0.717, 1.165) is 29.8 Å². The molecule has 0 spiro atoms. The van der Waals surface area contributed by atoms with E-state index < -0.39 is 0 Å². The lowest BCUT2D eigenvalue weighted by Crippen LogP contribution is -2.44. The van der Waals surface area contributed by atoms with E-state index in [1.54, 1.807) is 0 Å². The molecule has 2 amide bonds. The number of amides is 2. The Hall–Kier alpha value is -3.01. The number of aromatic nitrogens is 1. The van der Waals surface area contributed by atoms with Gasteiger partial charge in [0.1, 0.15) is 0 Å². The molecule has 4 nitrogen and oxygen atoms in total. The molecule has 2 heterocycles. The van der Waals surface area contributed by atoms with Gasteiger partial charge in [0.05, 0.1) is 6.04 Å². The van der Waals surface area contributed by atoms with Crippen LogP contribution < -0.4 is 5.32 Å². The van der Waals surface area contributed by atoms with Crippen molar-refractivity contribution >= 4 is 11.7 Å². The number of anilines is 1. The number of aryl methyl sites for hydroxylation is 2. The molecule has 3 aromatic rings. The number of hydrogen-bond donors (Lipinski definition) is 1. The third-order valence-corrected chi connectivity index (χ3v) is 5.33. The quantitative estimate of drug-likeness (QED) is 0.707. The van der Waals surface area contributed by atoms with Crippen LogP contribution in [-0.2, 0) is 13.0 Å². The van der Waals surface area contributed by atoms with Gasteiger partial charge in [-0.3, -0.25) is 0 Å². The Morgan fingerprint density at radius 3 is 2.67 bits per heavy atom. The second kappa shape index (κ2) is 7.31. The molecule has 1 aromatic heterocycles. The zero-order valence-corrected chi connectivity index (χ0v) is 15.9. The summed E-state index contributed by atoms with van der Waals surface area (Å²) in [7, 11) is 0. The minimum atomic E-state index is -0.0305. The highest BCUT2D eigenvalue weighted by Crippen LogP contribution is 2.30. The Bertz CT molecular complexity index is 945. The second-order valence-electron chi connectivity index (χ2n) is 7.27. The van der Waals surface area contributed by atoms with Crippen LogP contribution in [0.15, 0.2) is 66.9 Å². The highest BCUT2D eigenvalue weighted by Gasteiger charge is 2.31. The third-order valence-electron chi connectivity index (χ3n) is 5.33. The van der Waals surface area contributed by atoms with Crippen LogP contribution in [0.5, 0.6) is 0 Å². The van der Waals surface area contributed by atoms with Crippen LogP contribution in [0.2, 0.25) is 0 Å². The first kappa shape index (κ1) is 17.4. The predicted octanol–water partition coefficient (Wildman–Crippen LogP) is 4.94. The van der Waals surface area contributed by atoms with Crippen LogP contribution in [0.25, 0.3) is 0 Å². The lowest BCUT2D eigenvalue weighted by Gasteiger charge is -2.37. The highest BCUT2D eigenvalue weighted by atomic mass is 16.2. The zero-order chi connectivity index (χ0) is 18.8. The average molecular weight is 359 g/mol. The Labute approximate surface area is 160 Å². The number of rotatable bonds is 3. The number of urea groups is 1. The lowest BCUT2D eigenvalue weighted by atomic mass is 10.0. The van der Waals surface area contributed by atoms with Gasteiger partial charge in [-0.15, -0.1) is 0 Å². The summed E-state index contributed by atoms with van der Waals surface area (Å²) in [5, 5.41) is 3.14. The number of nitrogens with zero attached hydrogens (tertiary/aromatic N) is 2. The van der Waals surface area contributed by atoms with E-state index >= 15 is 0 Å². The molecule has 1 aliphatic rings. The maximum atomic E-state index is 13.2. The van der Waals surface area contributed by atoms with E-state index in [2.05, 4.69) is 58.5 Å². The van der Waals surface area contributed by atoms with Gasteiger partial charge in [0.2, 0.25) is 0 Å². The van der Waals surface area contributed by atoms with Gasteiger partial charge in [-0.2, -0.15) is 0 Å². The zero-order valence-electron chi connectivity index (χ0n) is 15.9. The molecule has 27 heavy (non-hydrogen) atoms. The Balaban J connectivity index is 1.61. The standard InChI is InChI=1S/C23H25N3O/c1-17-10-11-18(2)20(15-17)24-23(27)26-14-13-25-12-6-9-21(25)22(26)16-19-7-4-3-5-8-19/h3-12,15,22H,13-14,16H2,1-2H3,(H,24,27)/t22-/m1/s1. The van der Waals surface area contributed by atoms with Crippen molar-refractivity contribution in [3.05, 3.63) is 89.2 Å². The summed E-state index contributed by atoms with van der Waals surface area (Å²) in [6, 6.07) is 20.7. The number of nitrogens with one attached hydrogen (secondary N) is 1. The van der Waals surface area contributed by atoms with E-state index in [-0.39, 0.29) is 12.1 Å². The molecule has 0 aliphatic carbocycles. The van der Waals surface area contributed by atoms with Gasteiger partial charge in [0, 0.05) is 30.7 Å². The van der Waals surface area contributed by atoms with Crippen LogP contribution in [0, 0.1) is 13.8 Å². The normalized spacial score (nSPS) is 16.1. The molecule has 138 valence electrons. The molecule has 0 radical (unpaired) electrons. The summed E-state index contributed by atoms with van der Waals surface area (Å²) in [6.45, 7) is 5.60. The van der Waals surface area contributed by atoms with Gasteiger partial charge in [0.25, 0.3) is 0 Å². The third kappa shape index (κ3) is 3.61. The van der Waals surface area contributed by atoms with Gasteiger partial charge in [-0.1, -0.05) is 42.5 Å². The maximum absolute atomic E-state index is 13.2. The summed E-state index contributed by atoms with van der Waals surface area (Å²) in [4.78, 5) is 15.1. The molecule has 0 bridgehead atoms. The van der Waals surface area contributed by atoms with E-state index in [9.17, 15) is 4.79 Å². The van der Waals surface area contributed by atoms with Crippen molar-refractivity contribution < 1.29 is 4.79 Å². The molecule has 1 atom stereocenters. The van der Waals surface area contributed by atoms with Crippen molar-refractivity contribution in [3.8, 4) is 0 Å². The lowest BCUT2D eigenvalue weighted by molar-refractivity contribution is 0.167. The summed E-state index contributed by atoms with van der Waals surface area (Å²) < 4.78 is 2.26. The van der Waals surface area contributed by atoms with E-state index in [1.807, 2.05) is 36.9 Å². The Kier molecular flexibility index (Phi) is 4.71. The second-order valence-corrected chi connectivity index (χ2v) is 7.27.